The number of hydrogen-bond acceptors (Lipinski definition) is 5. The van der Waals surface area contributed by atoms with Crippen molar-refractivity contribution in [3.8, 4) is 5.75 Å². The van der Waals surface area contributed by atoms with Gasteiger partial charge in [0, 0.05) is 36.7 Å². The van der Waals surface area contributed by atoms with Crippen molar-refractivity contribution in [3.63, 3.8) is 0 Å². The van der Waals surface area contributed by atoms with Crippen molar-refractivity contribution < 1.29 is 9.90 Å². The number of nitrogens with zero attached hydrogens (tertiary/aromatic N) is 1. The monoisotopic (exact) mass is 289 g/mol. The van der Waals surface area contributed by atoms with Crippen LogP contribution in [0, 0.1) is 0 Å². The molecule has 1 saturated heterocycles. The van der Waals surface area contributed by atoms with Crippen LogP contribution < -0.4 is 10.6 Å². The normalized spacial score (nSPS) is 18.8. The number of carbonyl (C=O) groups is 1. The van der Waals surface area contributed by atoms with Crippen molar-refractivity contribution in [3.05, 3.63) is 18.3 Å². The molecule has 2 rings (SSSR count). The number of pyridine rings is 1. The molecular formula is C11H16ClN3O2S. The number of rotatable bonds is 3. The van der Waals surface area contributed by atoms with E-state index in [1.54, 1.807) is 6.07 Å². The molecule has 0 radical (unpaired) electrons. The van der Waals surface area contributed by atoms with E-state index in [-0.39, 0.29) is 35.9 Å². The van der Waals surface area contributed by atoms with Gasteiger partial charge in [0.2, 0.25) is 5.91 Å². The highest BCUT2D eigenvalue weighted by Gasteiger charge is 2.17. The predicted octanol–water partition coefficient (Wildman–Crippen LogP) is 1.24. The van der Waals surface area contributed by atoms with Gasteiger partial charge in [-0.3, -0.25) is 4.79 Å². The molecule has 1 unspecified atom stereocenters. The van der Waals surface area contributed by atoms with Gasteiger partial charge in [0.1, 0.15) is 0 Å². The Hall–Kier alpha value is -0.980. The summed E-state index contributed by atoms with van der Waals surface area (Å²) in [4.78, 5) is 15.6. The summed E-state index contributed by atoms with van der Waals surface area (Å²) in [5.74, 6) is 2.13. The molecule has 2 heterocycles. The Morgan fingerprint density at radius 1 is 1.67 bits per heavy atom. The zero-order chi connectivity index (χ0) is 12.1. The average Bonchev–Trinajstić information content (AvgIpc) is 2.33. The molecule has 0 aliphatic carbocycles. The SMILES string of the molecule is Cl.O=C(CC1CSCCN1)Nc1ncccc1O. The zero-order valence-corrected chi connectivity index (χ0v) is 11.4. The van der Waals surface area contributed by atoms with Crippen LogP contribution in [0.4, 0.5) is 5.82 Å². The van der Waals surface area contributed by atoms with Gasteiger partial charge in [0.15, 0.2) is 11.6 Å². The first kappa shape index (κ1) is 15.1. The summed E-state index contributed by atoms with van der Waals surface area (Å²) >= 11 is 1.85. The van der Waals surface area contributed by atoms with Gasteiger partial charge in [-0.05, 0) is 12.1 Å². The van der Waals surface area contributed by atoms with E-state index in [0.29, 0.717) is 6.42 Å². The quantitative estimate of drug-likeness (QED) is 0.781. The minimum absolute atomic E-state index is 0. The molecule has 1 fully saturated rings. The van der Waals surface area contributed by atoms with Crippen LogP contribution in [0.15, 0.2) is 18.3 Å². The van der Waals surface area contributed by atoms with Gasteiger partial charge in [-0.15, -0.1) is 12.4 Å². The Morgan fingerprint density at radius 2 is 2.50 bits per heavy atom. The molecule has 1 amide bonds. The van der Waals surface area contributed by atoms with Gasteiger partial charge >= 0.3 is 0 Å². The van der Waals surface area contributed by atoms with Gasteiger partial charge in [0.05, 0.1) is 0 Å². The van der Waals surface area contributed by atoms with Crippen molar-refractivity contribution in [1.29, 1.82) is 0 Å². The number of nitrogens with one attached hydrogen (secondary N) is 2. The number of amides is 1. The van der Waals surface area contributed by atoms with Gasteiger partial charge in [-0.2, -0.15) is 11.8 Å². The van der Waals surface area contributed by atoms with Crippen LogP contribution in [0.2, 0.25) is 0 Å². The largest absolute Gasteiger partial charge is 0.504 e. The highest BCUT2D eigenvalue weighted by Crippen LogP contribution is 2.19. The summed E-state index contributed by atoms with van der Waals surface area (Å²) in [6, 6.07) is 3.32. The summed E-state index contributed by atoms with van der Waals surface area (Å²) < 4.78 is 0. The van der Waals surface area contributed by atoms with Crippen molar-refractivity contribution in [1.82, 2.24) is 10.3 Å². The zero-order valence-electron chi connectivity index (χ0n) is 9.76. The maximum atomic E-state index is 11.7. The lowest BCUT2D eigenvalue weighted by Crippen LogP contribution is -2.39. The smallest absolute Gasteiger partial charge is 0.227 e. The van der Waals surface area contributed by atoms with E-state index in [2.05, 4.69) is 15.6 Å². The minimum Gasteiger partial charge on any atom is -0.504 e. The second-order valence-corrected chi connectivity index (χ2v) is 5.00. The lowest BCUT2D eigenvalue weighted by molar-refractivity contribution is -0.116. The molecule has 0 saturated carbocycles. The van der Waals surface area contributed by atoms with Crippen LogP contribution in [-0.4, -0.2) is 40.1 Å². The first-order chi connectivity index (χ1) is 8.25. The topological polar surface area (TPSA) is 74.2 Å². The second-order valence-electron chi connectivity index (χ2n) is 3.85. The Labute approximate surface area is 116 Å². The molecule has 18 heavy (non-hydrogen) atoms. The molecule has 7 heteroatoms. The number of anilines is 1. The van der Waals surface area contributed by atoms with Gasteiger partial charge in [-0.25, -0.2) is 4.98 Å². The van der Waals surface area contributed by atoms with E-state index in [4.69, 9.17) is 0 Å². The van der Waals surface area contributed by atoms with E-state index in [9.17, 15) is 9.90 Å². The fourth-order valence-electron chi connectivity index (χ4n) is 1.65. The number of carbonyl (C=O) groups excluding carboxylic acids is 1. The van der Waals surface area contributed by atoms with Crippen molar-refractivity contribution >= 4 is 35.9 Å². The molecule has 1 atom stereocenters. The molecule has 5 nitrogen and oxygen atoms in total. The first-order valence-corrected chi connectivity index (χ1v) is 6.66. The predicted molar refractivity (Wildman–Crippen MR) is 75.5 cm³/mol. The maximum absolute atomic E-state index is 11.7. The molecular weight excluding hydrogens is 274 g/mol. The van der Waals surface area contributed by atoms with Crippen LogP contribution in [0.25, 0.3) is 0 Å². The molecule has 0 spiro atoms. The van der Waals surface area contributed by atoms with Crippen LogP contribution in [0.1, 0.15) is 6.42 Å². The van der Waals surface area contributed by atoms with Crippen LogP contribution in [-0.2, 0) is 4.79 Å². The van der Waals surface area contributed by atoms with E-state index < -0.39 is 0 Å². The van der Waals surface area contributed by atoms with E-state index in [1.807, 2.05) is 11.8 Å². The minimum atomic E-state index is -0.126. The molecule has 1 aliphatic rings. The van der Waals surface area contributed by atoms with Crippen LogP contribution in [0.5, 0.6) is 5.75 Å². The third kappa shape index (κ3) is 4.36. The van der Waals surface area contributed by atoms with Crippen molar-refractivity contribution in [2.75, 3.05) is 23.4 Å². The molecule has 0 aromatic carbocycles. The highest BCUT2D eigenvalue weighted by molar-refractivity contribution is 7.99. The van der Waals surface area contributed by atoms with E-state index >= 15 is 0 Å². The molecule has 100 valence electrons. The van der Waals surface area contributed by atoms with E-state index in [1.165, 1.54) is 12.3 Å². The standard InChI is InChI=1S/C11H15N3O2S.ClH/c15-9-2-1-3-13-11(9)14-10(16)6-8-7-17-5-4-12-8;/h1-3,8,12,15H,4-7H2,(H,13,14,16);1H. The van der Waals surface area contributed by atoms with Crippen molar-refractivity contribution in [2.24, 2.45) is 0 Å². The number of thioether (sulfide) groups is 1. The van der Waals surface area contributed by atoms with Gasteiger partial charge in [-0.1, -0.05) is 0 Å². The summed E-state index contributed by atoms with van der Waals surface area (Å²) in [7, 11) is 0. The second kappa shape index (κ2) is 7.45. The first-order valence-electron chi connectivity index (χ1n) is 5.50. The number of aromatic nitrogens is 1. The molecule has 1 aromatic heterocycles. The molecule has 3 N–H and O–H groups in total. The number of aromatic hydroxyl groups is 1. The Balaban J connectivity index is 0.00000162. The summed E-state index contributed by atoms with van der Waals surface area (Å²) in [5.41, 5.74) is 0. The summed E-state index contributed by atoms with van der Waals surface area (Å²) in [6.07, 6.45) is 1.94. The Bertz CT molecular complexity index is 400. The van der Waals surface area contributed by atoms with E-state index in [0.717, 1.165) is 18.1 Å². The number of hydrogen-bond donors (Lipinski definition) is 3. The lowest BCUT2D eigenvalue weighted by Gasteiger charge is -2.22. The molecule has 0 bridgehead atoms. The van der Waals surface area contributed by atoms with Gasteiger partial charge in [0.25, 0.3) is 0 Å². The fraction of sp³-hybridized carbons (Fsp3) is 0.455. The third-order valence-electron chi connectivity index (χ3n) is 2.47. The third-order valence-corrected chi connectivity index (χ3v) is 3.61. The summed E-state index contributed by atoms with van der Waals surface area (Å²) in [6.45, 7) is 0.942. The number of halogens is 1. The Morgan fingerprint density at radius 3 is 3.17 bits per heavy atom. The Kier molecular flexibility index (Phi) is 6.24. The van der Waals surface area contributed by atoms with Crippen molar-refractivity contribution in [2.45, 2.75) is 12.5 Å². The van der Waals surface area contributed by atoms with Crippen LogP contribution in [0.3, 0.4) is 0 Å². The highest BCUT2D eigenvalue weighted by atomic mass is 35.5. The fourth-order valence-corrected chi connectivity index (χ4v) is 2.60. The molecule has 1 aliphatic heterocycles. The molecule has 1 aromatic rings. The summed E-state index contributed by atoms with van der Waals surface area (Å²) in [5, 5.41) is 15.4. The van der Waals surface area contributed by atoms with Crippen LogP contribution >= 0.6 is 24.2 Å². The van der Waals surface area contributed by atoms with Gasteiger partial charge < -0.3 is 15.7 Å². The maximum Gasteiger partial charge on any atom is 0.227 e. The lowest BCUT2D eigenvalue weighted by atomic mass is 10.2. The average molecular weight is 290 g/mol.